The summed E-state index contributed by atoms with van der Waals surface area (Å²) in [5.41, 5.74) is 0.892. The topological polar surface area (TPSA) is 103 Å². The van der Waals surface area contributed by atoms with Crippen LogP contribution in [0.3, 0.4) is 0 Å². The summed E-state index contributed by atoms with van der Waals surface area (Å²) in [4.78, 5) is 29.5. The van der Waals surface area contributed by atoms with Crippen molar-refractivity contribution in [2.45, 2.75) is 26.1 Å². The van der Waals surface area contributed by atoms with E-state index in [9.17, 15) is 27.9 Å². The number of rotatable bonds is 11. The van der Waals surface area contributed by atoms with Crippen LogP contribution in [0.5, 0.6) is 11.5 Å². The highest BCUT2D eigenvalue weighted by Gasteiger charge is 2.31. The number of nitrogens with zero attached hydrogens (tertiary/aromatic N) is 3. The molecule has 1 heterocycles. The molecule has 0 atom stereocenters. The quantitative estimate of drug-likeness (QED) is 0.121. The monoisotopic (exact) mass is 627 g/mol. The molecular weight excluding hydrogens is 599 g/mol. The number of carboxylic acid groups (broad SMARTS) is 1. The van der Waals surface area contributed by atoms with Gasteiger partial charge in [-0.2, -0.15) is 22.9 Å². The highest BCUT2D eigenvalue weighted by atomic mass is 19.4. The molecule has 4 aromatic carbocycles. The van der Waals surface area contributed by atoms with E-state index in [0.29, 0.717) is 46.7 Å². The molecule has 0 saturated heterocycles. The van der Waals surface area contributed by atoms with Crippen LogP contribution in [-0.4, -0.2) is 33.6 Å². The minimum Gasteiger partial charge on any atom is -0.490 e. The van der Waals surface area contributed by atoms with E-state index in [2.05, 4.69) is 16.7 Å². The van der Waals surface area contributed by atoms with Gasteiger partial charge in [-0.15, -0.1) is 6.58 Å². The molecule has 5 rings (SSSR count). The van der Waals surface area contributed by atoms with Gasteiger partial charge < -0.3 is 14.6 Å². The Labute approximate surface area is 261 Å². The number of carboxylic acids is 1. The number of allylic oxidation sites excluding steroid dienone is 1. The molecule has 8 nitrogen and oxygen atoms in total. The molecule has 46 heavy (non-hydrogen) atoms. The van der Waals surface area contributed by atoms with Crippen LogP contribution in [0.4, 0.5) is 13.2 Å². The summed E-state index contributed by atoms with van der Waals surface area (Å²) in [6, 6.07) is 20.9. The van der Waals surface area contributed by atoms with Crippen LogP contribution >= 0.6 is 0 Å². The Morgan fingerprint density at radius 2 is 1.80 bits per heavy atom. The number of alkyl halides is 3. The molecule has 1 aromatic heterocycles. The Kier molecular flexibility index (Phi) is 9.31. The van der Waals surface area contributed by atoms with Gasteiger partial charge in [0.05, 0.1) is 34.9 Å². The van der Waals surface area contributed by atoms with E-state index >= 15 is 0 Å². The largest absolute Gasteiger partial charge is 0.490 e. The van der Waals surface area contributed by atoms with Gasteiger partial charge in [0.15, 0.2) is 17.3 Å². The summed E-state index contributed by atoms with van der Waals surface area (Å²) < 4.78 is 53.6. The zero-order chi connectivity index (χ0) is 32.8. The van der Waals surface area contributed by atoms with E-state index in [-0.39, 0.29) is 28.9 Å². The molecule has 11 heteroatoms. The summed E-state index contributed by atoms with van der Waals surface area (Å²) in [5.74, 6) is -0.315. The fourth-order valence-electron chi connectivity index (χ4n) is 4.82. The smallest absolute Gasteiger partial charge is 0.416 e. The van der Waals surface area contributed by atoms with Crippen molar-refractivity contribution in [2.24, 2.45) is 5.10 Å². The summed E-state index contributed by atoms with van der Waals surface area (Å²) in [5, 5.41) is 14.0. The fourth-order valence-corrected chi connectivity index (χ4v) is 4.82. The minimum atomic E-state index is -4.60. The zero-order valence-corrected chi connectivity index (χ0v) is 24.6. The Balaban J connectivity index is 1.58. The number of hydrogen-bond acceptors (Lipinski definition) is 6. The van der Waals surface area contributed by atoms with Crippen molar-refractivity contribution in [1.29, 1.82) is 0 Å². The van der Waals surface area contributed by atoms with Gasteiger partial charge in [-0.25, -0.2) is 9.78 Å². The minimum absolute atomic E-state index is 0.0629. The first kappa shape index (κ1) is 31.7. The molecule has 0 radical (unpaired) electrons. The number of fused-ring (bicyclic) bond motifs is 1. The molecule has 0 aliphatic rings. The third-order valence-corrected chi connectivity index (χ3v) is 6.90. The van der Waals surface area contributed by atoms with Crippen LogP contribution in [0.25, 0.3) is 22.3 Å². The van der Waals surface area contributed by atoms with Crippen molar-refractivity contribution in [3.05, 3.63) is 136 Å². The van der Waals surface area contributed by atoms with Crippen LogP contribution in [0.1, 0.15) is 39.5 Å². The second kappa shape index (κ2) is 13.5. The van der Waals surface area contributed by atoms with Gasteiger partial charge in [-0.3, -0.25) is 4.79 Å². The molecule has 0 aliphatic carbocycles. The number of para-hydroxylation sites is 1. The Morgan fingerprint density at radius 1 is 1.02 bits per heavy atom. The van der Waals surface area contributed by atoms with E-state index in [1.165, 1.54) is 30.5 Å². The molecule has 0 saturated carbocycles. The summed E-state index contributed by atoms with van der Waals surface area (Å²) in [6.07, 6.45) is -1.15. The van der Waals surface area contributed by atoms with Crippen LogP contribution in [0.15, 0.2) is 107 Å². The number of benzene rings is 4. The van der Waals surface area contributed by atoms with Gasteiger partial charge in [0.1, 0.15) is 6.61 Å². The molecule has 0 aliphatic heterocycles. The summed E-state index contributed by atoms with van der Waals surface area (Å²) in [6.45, 7) is 5.99. The molecule has 0 unspecified atom stereocenters. The van der Waals surface area contributed by atoms with Gasteiger partial charge in [0.2, 0.25) is 0 Å². The average molecular weight is 628 g/mol. The highest BCUT2D eigenvalue weighted by Crippen LogP contribution is 2.35. The third kappa shape index (κ3) is 6.99. The van der Waals surface area contributed by atoms with Crippen molar-refractivity contribution < 1.29 is 32.5 Å². The molecular formula is C35H28F3N3O5. The van der Waals surface area contributed by atoms with Crippen LogP contribution in [0, 0.1) is 0 Å². The SMILES string of the molecule is C=CCc1cc(C=Nn2c(-c3cccc(C(F)(F)F)c3)nc3ccccc3c2=O)cc(OCC)c1OCc1cccc(C(=O)O)c1. The van der Waals surface area contributed by atoms with Crippen LogP contribution in [-0.2, 0) is 19.2 Å². The lowest BCUT2D eigenvalue weighted by Gasteiger charge is -2.17. The van der Waals surface area contributed by atoms with Crippen LogP contribution < -0.4 is 15.0 Å². The van der Waals surface area contributed by atoms with Crippen molar-refractivity contribution in [3.8, 4) is 22.9 Å². The van der Waals surface area contributed by atoms with Crippen molar-refractivity contribution in [2.75, 3.05) is 6.61 Å². The molecule has 1 N–H and O–H groups in total. The second-order valence-corrected chi connectivity index (χ2v) is 10.1. The average Bonchev–Trinajstić information content (AvgIpc) is 3.04. The zero-order valence-electron chi connectivity index (χ0n) is 24.6. The number of halogens is 3. The molecule has 0 spiro atoms. The maximum atomic E-state index is 13.6. The Bertz CT molecular complexity index is 2020. The lowest BCUT2D eigenvalue weighted by Crippen LogP contribution is -2.20. The maximum absolute atomic E-state index is 13.6. The van der Waals surface area contributed by atoms with Gasteiger partial charge >= 0.3 is 12.1 Å². The van der Waals surface area contributed by atoms with Crippen LogP contribution in [0.2, 0.25) is 0 Å². The van der Waals surface area contributed by atoms with E-state index in [1.54, 1.807) is 61.5 Å². The summed E-state index contributed by atoms with van der Waals surface area (Å²) >= 11 is 0. The Morgan fingerprint density at radius 3 is 2.54 bits per heavy atom. The lowest BCUT2D eigenvalue weighted by atomic mass is 10.1. The molecule has 5 aromatic rings. The fraction of sp³-hybridized carbons (Fsp3) is 0.143. The molecule has 0 fully saturated rings. The second-order valence-electron chi connectivity index (χ2n) is 10.1. The first-order valence-electron chi connectivity index (χ1n) is 14.2. The number of ether oxygens (including phenoxy) is 2. The van der Waals surface area contributed by atoms with Gasteiger partial charge in [-0.05, 0) is 73.0 Å². The van der Waals surface area contributed by atoms with E-state index in [0.717, 1.165) is 16.8 Å². The lowest BCUT2D eigenvalue weighted by molar-refractivity contribution is -0.137. The Hall–Kier alpha value is -5.71. The first-order chi connectivity index (χ1) is 22.1. The van der Waals surface area contributed by atoms with Gasteiger partial charge in [0.25, 0.3) is 5.56 Å². The predicted molar refractivity (Wildman–Crippen MR) is 169 cm³/mol. The highest BCUT2D eigenvalue weighted by molar-refractivity contribution is 5.87. The number of carbonyl (C=O) groups is 1. The number of aromatic carboxylic acids is 1. The predicted octanol–water partition coefficient (Wildman–Crippen LogP) is 7.37. The number of aromatic nitrogens is 2. The van der Waals surface area contributed by atoms with Gasteiger partial charge in [0, 0.05) is 11.1 Å². The maximum Gasteiger partial charge on any atom is 0.416 e. The normalized spacial score (nSPS) is 11.6. The van der Waals surface area contributed by atoms with Crippen molar-refractivity contribution in [3.63, 3.8) is 0 Å². The van der Waals surface area contributed by atoms with Crippen molar-refractivity contribution >= 4 is 23.1 Å². The van der Waals surface area contributed by atoms with E-state index in [4.69, 9.17) is 9.47 Å². The number of hydrogen-bond donors (Lipinski definition) is 1. The van der Waals surface area contributed by atoms with E-state index < -0.39 is 23.3 Å². The standard InChI is InChI=1S/C35H28F3N3O5/c1-3-9-24-17-23(18-30(45-4-2)31(24)46-21-22-10-7-12-26(16-22)34(43)44)20-39-41-32(25-11-8-13-27(19-25)35(36,37)38)40-29-15-6-5-14-28(29)33(41)42/h3,5-8,10-20H,1,4,9,21H2,2H3,(H,43,44). The summed E-state index contributed by atoms with van der Waals surface area (Å²) in [7, 11) is 0. The molecule has 0 amide bonds. The first-order valence-corrected chi connectivity index (χ1v) is 14.2. The van der Waals surface area contributed by atoms with E-state index in [1.807, 2.05) is 0 Å². The molecule has 0 bridgehead atoms. The third-order valence-electron chi connectivity index (χ3n) is 6.90. The van der Waals surface area contributed by atoms with Gasteiger partial charge in [-0.1, -0.05) is 42.5 Å². The van der Waals surface area contributed by atoms with Crippen molar-refractivity contribution in [1.82, 2.24) is 9.66 Å². The molecule has 234 valence electrons.